The molecule has 0 saturated heterocycles. The second-order valence-corrected chi connectivity index (χ2v) is 7.17. The molecule has 1 N–H and O–H groups in total. The standard InChI is InChI=1S/C17H22BrNO/c18-14-6-8-15(19-11-14)7-5-13-10-16(20)9-12-3-1-2-4-17(12)13/h5-8,11-13,16-17,20H,1-4,9-10H2/b7-5+/t12-,13+,16-,17+/m0/s1. The highest BCUT2D eigenvalue weighted by Crippen LogP contribution is 2.44. The number of allylic oxidation sites excluding steroid dienone is 1. The molecule has 0 bridgehead atoms. The van der Waals surface area contributed by atoms with Gasteiger partial charge in [-0.25, -0.2) is 0 Å². The van der Waals surface area contributed by atoms with E-state index in [9.17, 15) is 5.11 Å². The number of fused-ring (bicyclic) bond motifs is 1. The van der Waals surface area contributed by atoms with E-state index in [2.05, 4.69) is 33.1 Å². The third-order valence-corrected chi connectivity index (χ3v) is 5.37. The average molecular weight is 336 g/mol. The molecule has 1 aromatic heterocycles. The van der Waals surface area contributed by atoms with Crippen LogP contribution in [-0.2, 0) is 0 Å². The van der Waals surface area contributed by atoms with Crippen LogP contribution in [0.4, 0.5) is 0 Å². The first kappa shape index (κ1) is 14.3. The average Bonchev–Trinajstić information content (AvgIpc) is 2.46. The van der Waals surface area contributed by atoms with Gasteiger partial charge in [0, 0.05) is 10.7 Å². The van der Waals surface area contributed by atoms with Crippen LogP contribution in [0.1, 0.15) is 44.2 Å². The summed E-state index contributed by atoms with van der Waals surface area (Å²) >= 11 is 3.41. The lowest BCUT2D eigenvalue weighted by atomic mass is 9.64. The summed E-state index contributed by atoms with van der Waals surface area (Å²) in [6.07, 6.45) is 13.4. The lowest BCUT2D eigenvalue weighted by molar-refractivity contribution is 0.0232. The molecule has 0 spiro atoms. The lowest BCUT2D eigenvalue weighted by Crippen LogP contribution is -2.36. The maximum Gasteiger partial charge on any atom is 0.0627 e. The summed E-state index contributed by atoms with van der Waals surface area (Å²) in [4.78, 5) is 4.39. The summed E-state index contributed by atoms with van der Waals surface area (Å²) in [5.41, 5.74) is 1.00. The summed E-state index contributed by atoms with van der Waals surface area (Å²) < 4.78 is 1.01. The normalized spacial score (nSPS) is 34.1. The first-order valence-electron chi connectivity index (χ1n) is 7.70. The number of aromatic nitrogens is 1. The molecule has 20 heavy (non-hydrogen) atoms. The Morgan fingerprint density at radius 2 is 2.05 bits per heavy atom. The predicted octanol–water partition coefficient (Wildman–Crippen LogP) is 4.43. The summed E-state index contributed by atoms with van der Waals surface area (Å²) in [6, 6.07) is 4.05. The summed E-state index contributed by atoms with van der Waals surface area (Å²) in [6.45, 7) is 0. The Morgan fingerprint density at radius 1 is 1.20 bits per heavy atom. The molecular weight excluding hydrogens is 314 g/mol. The number of aliphatic hydroxyl groups excluding tert-OH is 1. The number of pyridine rings is 1. The molecule has 0 radical (unpaired) electrons. The minimum absolute atomic E-state index is 0.109. The topological polar surface area (TPSA) is 33.1 Å². The van der Waals surface area contributed by atoms with Gasteiger partial charge in [-0.2, -0.15) is 0 Å². The van der Waals surface area contributed by atoms with Crippen molar-refractivity contribution in [3.63, 3.8) is 0 Å². The van der Waals surface area contributed by atoms with Crippen LogP contribution in [0.3, 0.4) is 0 Å². The van der Waals surface area contributed by atoms with E-state index in [4.69, 9.17) is 0 Å². The van der Waals surface area contributed by atoms with Gasteiger partial charge in [-0.05, 0) is 71.2 Å². The first-order chi connectivity index (χ1) is 9.72. The zero-order valence-electron chi connectivity index (χ0n) is 11.7. The van der Waals surface area contributed by atoms with Crippen LogP contribution >= 0.6 is 15.9 Å². The third-order valence-electron chi connectivity index (χ3n) is 4.90. The highest BCUT2D eigenvalue weighted by molar-refractivity contribution is 9.10. The van der Waals surface area contributed by atoms with Gasteiger partial charge in [-0.1, -0.05) is 25.3 Å². The number of aliphatic hydroxyl groups is 1. The largest absolute Gasteiger partial charge is 0.393 e. The molecule has 2 fully saturated rings. The molecule has 1 aromatic rings. The fraction of sp³-hybridized carbons (Fsp3) is 0.588. The summed E-state index contributed by atoms with van der Waals surface area (Å²) in [5, 5.41) is 10.1. The van der Waals surface area contributed by atoms with Gasteiger partial charge < -0.3 is 5.11 Å². The second kappa shape index (κ2) is 6.40. The Bertz CT molecular complexity index is 470. The van der Waals surface area contributed by atoms with Gasteiger partial charge in [0.25, 0.3) is 0 Å². The predicted molar refractivity (Wildman–Crippen MR) is 85.1 cm³/mol. The van der Waals surface area contributed by atoms with Crippen LogP contribution in [0, 0.1) is 17.8 Å². The maximum absolute atomic E-state index is 10.1. The molecule has 2 aliphatic carbocycles. The third kappa shape index (κ3) is 3.32. The zero-order chi connectivity index (χ0) is 13.9. The monoisotopic (exact) mass is 335 g/mol. The molecule has 0 aliphatic heterocycles. The lowest BCUT2D eigenvalue weighted by Gasteiger charge is -2.42. The Kier molecular flexibility index (Phi) is 4.57. The van der Waals surface area contributed by atoms with Crippen molar-refractivity contribution in [3.8, 4) is 0 Å². The summed E-state index contributed by atoms with van der Waals surface area (Å²) in [7, 11) is 0. The molecule has 108 valence electrons. The fourth-order valence-electron chi connectivity index (χ4n) is 3.96. The molecule has 2 saturated carbocycles. The van der Waals surface area contributed by atoms with E-state index in [0.717, 1.165) is 34.8 Å². The number of nitrogens with zero attached hydrogens (tertiary/aromatic N) is 1. The molecule has 2 nitrogen and oxygen atoms in total. The van der Waals surface area contributed by atoms with E-state index in [1.165, 1.54) is 25.7 Å². The van der Waals surface area contributed by atoms with Gasteiger partial charge in [0.1, 0.15) is 0 Å². The quantitative estimate of drug-likeness (QED) is 0.866. The molecule has 0 unspecified atom stereocenters. The van der Waals surface area contributed by atoms with E-state index < -0.39 is 0 Å². The number of rotatable bonds is 2. The molecule has 1 heterocycles. The Morgan fingerprint density at radius 3 is 2.85 bits per heavy atom. The molecule has 0 aromatic carbocycles. The Labute approximate surface area is 129 Å². The van der Waals surface area contributed by atoms with Crippen molar-refractivity contribution in [2.24, 2.45) is 17.8 Å². The van der Waals surface area contributed by atoms with Crippen molar-refractivity contribution in [2.75, 3.05) is 0 Å². The highest BCUT2D eigenvalue weighted by Gasteiger charge is 2.36. The van der Waals surface area contributed by atoms with Gasteiger partial charge in [0.2, 0.25) is 0 Å². The van der Waals surface area contributed by atoms with Gasteiger partial charge in [0.15, 0.2) is 0 Å². The van der Waals surface area contributed by atoms with Crippen LogP contribution in [-0.4, -0.2) is 16.2 Å². The van der Waals surface area contributed by atoms with Crippen molar-refractivity contribution in [1.82, 2.24) is 4.98 Å². The number of halogens is 1. The highest BCUT2D eigenvalue weighted by atomic mass is 79.9. The molecule has 3 rings (SSSR count). The van der Waals surface area contributed by atoms with Crippen LogP contribution < -0.4 is 0 Å². The second-order valence-electron chi connectivity index (χ2n) is 6.26. The molecule has 4 atom stereocenters. The van der Waals surface area contributed by atoms with Crippen molar-refractivity contribution >= 4 is 22.0 Å². The van der Waals surface area contributed by atoms with Gasteiger partial charge >= 0.3 is 0 Å². The molecule has 2 aliphatic rings. The zero-order valence-corrected chi connectivity index (χ0v) is 13.3. The summed E-state index contributed by atoms with van der Waals surface area (Å²) in [5.74, 6) is 2.04. The minimum atomic E-state index is -0.109. The van der Waals surface area contributed by atoms with Crippen molar-refractivity contribution in [2.45, 2.75) is 44.6 Å². The van der Waals surface area contributed by atoms with E-state index in [1.54, 1.807) is 0 Å². The van der Waals surface area contributed by atoms with Gasteiger partial charge in [-0.15, -0.1) is 0 Å². The van der Waals surface area contributed by atoms with Crippen LogP contribution in [0.2, 0.25) is 0 Å². The van der Waals surface area contributed by atoms with Crippen molar-refractivity contribution < 1.29 is 5.11 Å². The molecule has 0 amide bonds. The smallest absolute Gasteiger partial charge is 0.0627 e. The Hall–Kier alpha value is -0.670. The van der Waals surface area contributed by atoms with Gasteiger partial charge in [-0.3, -0.25) is 4.98 Å². The van der Waals surface area contributed by atoms with E-state index in [-0.39, 0.29) is 6.10 Å². The first-order valence-corrected chi connectivity index (χ1v) is 8.49. The number of hydrogen-bond donors (Lipinski definition) is 1. The van der Waals surface area contributed by atoms with Crippen LogP contribution in [0.25, 0.3) is 6.08 Å². The van der Waals surface area contributed by atoms with Crippen molar-refractivity contribution in [3.05, 3.63) is 34.6 Å². The molecular formula is C17H22BrNO. The Balaban J connectivity index is 1.72. The van der Waals surface area contributed by atoms with Crippen molar-refractivity contribution in [1.29, 1.82) is 0 Å². The SMILES string of the molecule is O[C@H]1C[C@@H]2CCCC[C@H]2[C@H](/C=C/c2ccc(Br)cn2)C1. The van der Waals surface area contributed by atoms with E-state index >= 15 is 0 Å². The minimum Gasteiger partial charge on any atom is -0.393 e. The van der Waals surface area contributed by atoms with E-state index in [1.807, 2.05) is 18.3 Å². The number of hydrogen-bond acceptors (Lipinski definition) is 2. The maximum atomic E-state index is 10.1. The van der Waals surface area contributed by atoms with Crippen LogP contribution in [0.5, 0.6) is 0 Å². The van der Waals surface area contributed by atoms with Crippen LogP contribution in [0.15, 0.2) is 28.9 Å². The molecule has 3 heteroatoms. The van der Waals surface area contributed by atoms with Gasteiger partial charge in [0.05, 0.1) is 11.8 Å². The van der Waals surface area contributed by atoms with E-state index in [0.29, 0.717) is 5.92 Å². The fourth-order valence-corrected chi connectivity index (χ4v) is 4.19.